The summed E-state index contributed by atoms with van der Waals surface area (Å²) < 4.78 is 23.3. The molecule has 104 valence electrons. The maximum atomic E-state index is 11.8. The molecule has 0 aliphatic heterocycles. The summed E-state index contributed by atoms with van der Waals surface area (Å²) in [4.78, 5) is 22.1. The minimum Gasteiger partial charge on any atom is -0.481 e. The van der Waals surface area contributed by atoms with Gasteiger partial charge in [-0.15, -0.1) is 0 Å². The van der Waals surface area contributed by atoms with Crippen LogP contribution in [0.1, 0.15) is 28.8 Å². The topological polar surface area (TPSA) is 88.5 Å². The fourth-order valence-corrected chi connectivity index (χ4v) is 2.83. The van der Waals surface area contributed by atoms with Gasteiger partial charge in [0.2, 0.25) is 0 Å². The first-order valence-corrected chi connectivity index (χ1v) is 7.64. The Labute approximate surface area is 112 Å². The molecule has 0 aliphatic carbocycles. The molecule has 0 radical (unpaired) electrons. The van der Waals surface area contributed by atoms with Gasteiger partial charge in [0.15, 0.2) is 15.6 Å². The molecule has 1 rings (SSSR count). The third-order valence-corrected chi connectivity index (χ3v) is 4.18. The minimum absolute atomic E-state index is 0.0266. The molecule has 0 aromatic heterocycles. The molecule has 0 amide bonds. The summed E-state index contributed by atoms with van der Waals surface area (Å²) >= 11 is 0. The number of aryl methyl sites for hydroxylation is 1. The van der Waals surface area contributed by atoms with Gasteiger partial charge in [0.05, 0.1) is 5.75 Å². The van der Waals surface area contributed by atoms with E-state index >= 15 is 0 Å². The van der Waals surface area contributed by atoms with Gasteiger partial charge in [0, 0.05) is 12.0 Å². The number of carboxylic acids is 1. The Hall–Kier alpha value is -1.69. The molecule has 1 aromatic rings. The Balaban J connectivity index is 2.60. The Bertz CT molecular complexity index is 557. The minimum atomic E-state index is -3.55. The highest BCUT2D eigenvalue weighted by Gasteiger charge is 2.18. The Morgan fingerprint density at radius 1 is 1.16 bits per heavy atom. The van der Waals surface area contributed by atoms with E-state index in [4.69, 9.17) is 5.11 Å². The molecular weight excluding hydrogens is 268 g/mol. The number of carboxylic acid groups (broad SMARTS) is 1. The highest BCUT2D eigenvalue weighted by atomic mass is 32.2. The molecule has 0 saturated carbocycles. The zero-order chi connectivity index (χ0) is 14.5. The number of Topliss-reactive ketones (excluding diaryl/α,β-unsaturated/α-hetero) is 1. The lowest BCUT2D eigenvalue weighted by Gasteiger charge is -2.03. The molecule has 0 fully saturated rings. The molecule has 0 aliphatic rings. The smallest absolute Gasteiger partial charge is 0.303 e. The van der Waals surface area contributed by atoms with Crippen LogP contribution in [0.4, 0.5) is 0 Å². The van der Waals surface area contributed by atoms with Gasteiger partial charge in [0.1, 0.15) is 5.75 Å². The number of benzene rings is 1. The Morgan fingerprint density at radius 2 is 1.74 bits per heavy atom. The number of carbonyl (C=O) groups excluding carboxylic acids is 1. The summed E-state index contributed by atoms with van der Waals surface area (Å²) in [6.07, 6.45) is -0.184. The molecule has 0 atom stereocenters. The van der Waals surface area contributed by atoms with Gasteiger partial charge in [0.25, 0.3) is 0 Å². The van der Waals surface area contributed by atoms with E-state index in [1.165, 1.54) is 0 Å². The van der Waals surface area contributed by atoms with E-state index in [1.54, 1.807) is 24.3 Å². The lowest BCUT2D eigenvalue weighted by molar-refractivity contribution is -0.137. The molecule has 0 bridgehead atoms. The van der Waals surface area contributed by atoms with Crippen LogP contribution in [0.25, 0.3) is 0 Å². The molecule has 19 heavy (non-hydrogen) atoms. The van der Waals surface area contributed by atoms with Crippen molar-refractivity contribution in [2.75, 3.05) is 11.5 Å². The molecule has 1 aromatic carbocycles. The van der Waals surface area contributed by atoms with E-state index in [9.17, 15) is 18.0 Å². The SMILES string of the molecule is Cc1ccc(C(=O)CS(=O)(=O)CCCC(=O)O)cc1. The van der Waals surface area contributed by atoms with E-state index in [-0.39, 0.29) is 18.6 Å². The van der Waals surface area contributed by atoms with Crippen LogP contribution in [0.15, 0.2) is 24.3 Å². The Kier molecular flexibility index (Phi) is 5.23. The number of carbonyl (C=O) groups is 2. The maximum absolute atomic E-state index is 11.8. The second-order valence-corrected chi connectivity index (χ2v) is 6.56. The quantitative estimate of drug-likeness (QED) is 0.766. The molecular formula is C13H16O5S. The summed E-state index contributed by atoms with van der Waals surface area (Å²) in [6, 6.07) is 6.66. The first-order chi connectivity index (χ1) is 8.80. The van der Waals surface area contributed by atoms with Crippen molar-refractivity contribution in [2.24, 2.45) is 0 Å². The van der Waals surface area contributed by atoms with Gasteiger partial charge in [-0.05, 0) is 13.3 Å². The lowest BCUT2D eigenvalue weighted by atomic mass is 10.1. The number of sulfone groups is 1. The average molecular weight is 284 g/mol. The average Bonchev–Trinajstić information content (AvgIpc) is 2.28. The van der Waals surface area contributed by atoms with Crippen LogP contribution >= 0.6 is 0 Å². The van der Waals surface area contributed by atoms with Gasteiger partial charge < -0.3 is 5.11 Å². The number of hydrogen-bond acceptors (Lipinski definition) is 4. The zero-order valence-corrected chi connectivity index (χ0v) is 11.4. The third-order valence-electron chi connectivity index (χ3n) is 2.57. The number of ketones is 1. The van der Waals surface area contributed by atoms with Crippen LogP contribution < -0.4 is 0 Å². The van der Waals surface area contributed by atoms with Crippen LogP contribution in [0.2, 0.25) is 0 Å². The van der Waals surface area contributed by atoms with Crippen molar-refractivity contribution in [2.45, 2.75) is 19.8 Å². The highest BCUT2D eigenvalue weighted by molar-refractivity contribution is 7.92. The van der Waals surface area contributed by atoms with Crippen molar-refractivity contribution in [1.82, 2.24) is 0 Å². The normalized spacial score (nSPS) is 11.2. The summed E-state index contributed by atoms with van der Waals surface area (Å²) in [6.45, 7) is 1.87. The standard InChI is InChI=1S/C13H16O5S/c1-10-4-6-11(7-5-10)12(14)9-19(17,18)8-2-3-13(15)16/h4-7H,2-3,8-9H2,1H3,(H,15,16). The fourth-order valence-electron chi connectivity index (χ4n) is 1.54. The molecule has 0 saturated heterocycles. The number of hydrogen-bond donors (Lipinski definition) is 1. The van der Waals surface area contributed by atoms with E-state index in [0.29, 0.717) is 5.56 Å². The summed E-state index contributed by atoms with van der Waals surface area (Å²) in [5.41, 5.74) is 1.34. The zero-order valence-electron chi connectivity index (χ0n) is 10.6. The van der Waals surface area contributed by atoms with Crippen LogP contribution in [0.3, 0.4) is 0 Å². The van der Waals surface area contributed by atoms with E-state index < -0.39 is 27.3 Å². The van der Waals surface area contributed by atoms with E-state index in [1.807, 2.05) is 6.92 Å². The molecule has 6 heteroatoms. The third kappa shape index (κ3) is 5.65. The van der Waals surface area contributed by atoms with Crippen LogP contribution in [-0.4, -0.2) is 36.8 Å². The van der Waals surface area contributed by atoms with Crippen molar-refractivity contribution in [1.29, 1.82) is 0 Å². The van der Waals surface area contributed by atoms with Crippen molar-refractivity contribution in [3.63, 3.8) is 0 Å². The fraction of sp³-hybridized carbons (Fsp3) is 0.385. The predicted octanol–water partition coefficient (Wildman–Crippen LogP) is 1.46. The largest absolute Gasteiger partial charge is 0.481 e. The van der Waals surface area contributed by atoms with Crippen LogP contribution in [0, 0.1) is 6.92 Å². The van der Waals surface area contributed by atoms with Crippen LogP contribution in [0.5, 0.6) is 0 Å². The maximum Gasteiger partial charge on any atom is 0.303 e. The summed E-state index contributed by atoms with van der Waals surface area (Å²) in [5, 5.41) is 8.43. The Morgan fingerprint density at radius 3 is 2.26 bits per heavy atom. The molecule has 0 unspecified atom stereocenters. The van der Waals surface area contributed by atoms with Crippen molar-refractivity contribution < 1.29 is 23.1 Å². The molecule has 5 nitrogen and oxygen atoms in total. The number of rotatable bonds is 7. The molecule has 0 spiro atoms. The summed E-state index contributed by atoms with van der Waals surface area (Å²) in [7, 11) is -3.55. The monoisotopic (exact) mass is 284 g/mol. The van der Waals surface area contributed by atoms with Crippen molar-refractivity contribution >= 4 is 21.6 Å². The van der Waals surface area contributed by atoms with Gasteiger partial charge >= 0.3 is 5.97 Å². The van der Waals surface area contributed by atoms with Crippen molar-refractivity contribution in [3.05, 3.63) is 35.4 Å². The lowest BCUT2D eigenvalue weighted by Crippen LogP contribution is -2.19. The predicted molar refractivity (Wildman–Crippen MR) is 71.0 cm³/mol. The van der Waals surface area contributed by atoms with Gasteiger partial charge in [-0.25, -0.2) is 8.42 Å². The summed E-state index contributed by atoms with van der Waals surface area (Å²) in [5.74, 6) is -2.36. The first kappa shape index (κ1) is 15.4. The molecule has 1 N–H and O–H groups in total. The van der Waals surface area contributed by atoms with Gasteiger partial charge in [-0.2, -0.15) is 0 Å². The van der Waals surface area contributed by atoms with Crippen LogP contribution in [-0.2, 0) is 14.6 Å². The van der Waals surface area contributed by atoms with Crippen molar-refractivity contribution in [3.8, 4) is 0 Å². The van der Waals surface area contributed by atoms with E-state index in [0.717, 1.165) is 5.56 Å². The van der Waals surface area contributed by atoms with Gasteiger partial charge in [-0.3, -0.25) is 9.59 Å². The van der Waals surface area contributed by atoms with E-state index in [2.05, 4.69) is 0 Å². The second-order valence-electron chi connectivity index (χ2n) is 4.38. The van der Waals surface area contributed by atoms with Gasteiger partial charge in [-0.1, -0.05) is 29.8 Å². The highest BCUT2D eigenvalue weighted by Crippen LogP contribution is 2.07. The number of aliphatic carboxylic acids is 1. The molecule has 0 heterocycles. The first-order valence-electron chi connectivity index (χ1n) is 5.82. The second kappa shape index (κ2) is 6.47.